The van der Waals surface area contributed by atoms with Gasteiger partial charge in [-0.2, -0.15) is 0 Å². The average molecular weight is 332 g/mol. The Balaban J connectivity index is 2.14. The Morgan fingerprint density at radius 2 is 2.33 bits per heavy atom. The number of aromatic nitrogens is 1. The molecule has 98 valence electrons. The zero-order valence-corrected chi connectivity index (χ0v) is 12.8. The summed E-state index contributed by atoms with van der Waals surface area (Å²) in [5, 5.41) is 3.21. The van der Waals surface area contributed by atoms with Gasteiger partial charge in [0.1, 0.15) is 0 Å². The molecule has 1 aliphatic rings. The van der Waals surface area contributed by atoms with Crippen LogP contribution < -0.4 is 5.32 Å². The molecule has 0 bridgehead atoms. The predicted molar refractivity (Wildman–Crippen MR) is 76.7 cm³/mol. The summed E-state index contributed by atoms with van der Waals surface area (Å²) in [4.78, 5) is 16.3. The third-order valence-electron chi connectivity index (χ3n) is 3.64. The number of halogens is 2. The fourth-order valence-electron chi connectivity index (χ4n) is 2.54. The molecular formula is C13H16BrClN2O. The van der Waals surface area contributed by atoms with Gasteiger partial charge in [-0.1, -0.05) is 31.9 Å². The van der Waals surface area contributed by atoms with E-state index in [9.17, 15) is 4.79 Å². The minimum absolute atomic E-state index is 0.0410. The summed E-state index contributed by atoms with van der Waals surface area (Å²) in [6.45, 7) is 4.29. The smallest absolute Gasteiger partial charge is 0.228 e. The van der Waals surface area contributed by atoms with Crippen molar-refractivity contribution < 1.29 is 4.79 Å². The molecule has 0 spiro atoms. The van der Waals surface area contributed by atoms with Gasteiger partial charge in [0.05, 0.1) is 5.69 Å². The van der Waals surface area contributed by atoms with E-state index in [1.165, 1.54) is 0 Å². The van der Waals surface area contributed by atoms with Crippen LogP contribution in [-0.2, 0) is 4.79 Å². The fourth-order valence-corrected chi connectivity index (χ4v) is 3.02. The predicted octanol–water partition coefficient (Wildman–Crippen LogP) is 4.26. The minimum atomic E-state index is 0.0410. The standard InChI is InChI=1S/C13H16BrClN2O/c1-13(2)5-3-4-9(13)12(18)17-10-6-8(14)7-16-11(10)15/h6-7,9H,3-5H2,1-2H3,(H,17,18). The molecule has 1 aliphatic carbocycles. The molecule has 5 heteroatoms. The van der Waals surface area contributed by atoms with Crippen molar-refractivity contribution in [2.45, 2.75) is 33.1 Å². The molecule has 1 aromatic rings. The molecule has 18 heavy (non-hydrogen) atoms. The van der Waals surface area contributed by atoms with Gasteiger partial charge in [0, 0.05) is 16.6 Å². The summed E-state index contributed by atoms with van der Waals surface area (Å²) in [5.41, 5.74) is 0.634. The molecule has 2 rings (SSSR count). The van der Waals surface area contributed by atoms with Crippen molar-refractivity contribution in [3.05, 3.63) is 21.9 Å². The second kappa shape index (κ2) is 5.17. The number of hydrogen-bond acceptors (Lipinski definition) is 2. The van der Waals surface area contributed by atoms with Crippen LogP contribution in [0.1, 0.15) is 33.1 Å². The molecule has 1 saturated carbocycles. The molecule has 0 saturated heterocycles. The lowest BCUT2D eigenvalue weighted by atomic mass is 9.81. The quantitative estimate of drug-likeness (QED) is 0.823. The van der Waals surface area contributed by atoms with E-state index in [1.54, 1.807) is 12.3 Å². The highest BCUT2D eigenvalue weighted by Gasteiger charge is 2.39. The number of nitrogens with zero attached hydrogens (tertiary/aromatic N) is 1. The van der Waals surface area contributed by atoms with Gasteiger partial charge in [-0.25, -0.2) is 4.98 Å². The number of rotatable bonds is 2. The summed E-state index contributed by atoms with van der Waals surface area (Å²) in [5.74, 6) is 0.0897. The Morgan fingerprint density at radius 3 is 2.94 bits per heavy atom. The number of carbonyl (C=O) groups excluding carboxylic acids is 1. The van der Waals surface area contributed by atoms with Crippen LogP contribution >= 0.6 is 27.5 Å². The summed E-state index contributed by atoms with van der Waals surface area (Å²) in [6, 6.07) is 1.77. The van der Waals surface area contributed by atoms with Gasteiger partial charge in [0.25, 0.3) is 0 Å². The lowest BCUT2D eigenvalue weighted by Crippen LogP contribution is -2.30. The largest absolute Gasteiger partial charge is 0.323 e. The summed E-state index contributed by atoms with van der Waals surface area (Å²) >= 11 is 9.29. The topological polar surface area (TPSA) is 42.0 Å². The maximum absolute atomic E-state index is 12.3. The summed E-state index contributed by atoms with van der Waals surface area (Å²) in [6.07, 6.45) is 4.75. The van der Waals surface area contributed by atoms with E-state index in [0.29, 0.717) is 10.8 Å². The number of amides is 1. The second-order valence-corrected chi connectivity index (χ2v) is 6.69. The first kappa shape index (κ1) is 13.8. The van der Waals surface area contributed by atoms with Crippen molar-refractivity contribution in [2.75, 3.05) is 5.32 Å². The maximum atomic E-state index is 12.3. The second-order valence-electron chi connectivity index (χ2n) is 5.41. The molecule has 1 unspecified atom stereocenters. The molecule has 0 aromatic carbocycles. The third kappa shape index (κ3) is 2.86. The van der Waals surface area contributed by atoms with Gasteiger partial charge in [-0.15, -0.1) is 0 Å². The lowest BCUT2D eigenvalue weighted by Gasteiger charge is -2.25. The van der Waals surface area contributed by atoms with Crippen LogP contribution in [0.3, 0.4) is 0 Å². The first-order valence-corrected chi connectivity index (χ1v) is 7.19. The highest BCUT2D eigenvalue weighted by Crippen LogP contribution is 2.43. The molecule has 0 aliphatic heterocycles. The third-order valence-corrected chi connectivity index (χ3v) is 4.37. The summed E-state index contributed by atoms with van der Waals surface area (Å²) < 4.78 is 0.799. The van der Waals surface area contributed by atoms with E-state index in [-0.39, 0.29) is 17.2 Å². The van der Waals surface area contributed by atoms with E-state index in [2.05, 4.69) is 40.1 Å². The molecule has 1 amide bonds. The monoisotopic (exact) mass is 330 g/mol. The highest BCUT2D eigenvalue weighted by atomic mass is 79.9. The van der Waals surface area contributed by atoms with Gasteiger partial charge in [-0.3, -0.25) is 4.79 Å². The van der Waals surface area contributed by atoms with E-state index in [1.807, 2.05) is 0 Å². The Kier molecular flexibility index (Phi) is 3.97. The number of pyridine rings is 1. The van der Waals surface area contributed by atoms with Crippen LogP contribution in [-0.4, -0.2) is 10.9 Å². The number of carbonyl (C=O) groups is 1. The SMILES string of the molecule is CC1(C)CCCC1C(=O)Nc1cc(Br)cnc1Cl. The van der Waals surface area contributed by atoms with Crippen molar-refractivity contribution >= 4 is 39.1 Å². The van der Waals surface area contributed by atoms with Gasteiger partial charge in [0.15, 0.2) is 5.15 Å². The molecule has 1 N–H and O–H groups in total. The Labute approximate surface area is 120 Å². The Morgan fingerprint density at radius 1 is 1.61 bits per heavy atom. The van der Waals surface area contributed by atoms with E-state index in [4.69, 9.17) is 11.6 Å². The number of anilines is 1. The maximum Gasteiger partial charge on any atom is 0.228 e. The van der Waals surface area contributed by atoms with E-state index >= 15 is 0 Å². The average Bonchev–Trinajstić information content (AvgIpc) is 2.63. The van der Waals surface area contributed by atoms with Crippen LogP contribution in [0.5, 0.6) is 0 Å². The number of hydrogen-bond donors (Lipinski definition) is 1. The van der Waals surface area contributed by atoms with Crippen LogP contribution in [0.25, 0.3) is 0 Å². The first-order chi connectivity index (χ1) is 8.40. The molecular weight excluding hydrogens is 316 g/mol. The molecule has 1 atom stereocenters. The van der Waals surface area contributed by atoms with Crippen molar-refractivity contribution in [3.63, 3.8) is 0 Å². The Bertz CT molecular complexity index is 476. The van der Waals surface area contributed by atoms with Crippen LogP contribution in [0.4, 0.5) is 5.69 Å². The van der Waals surface area contributed by atoms with Crippen molar-refractivity contribution in [2.24, 2.45) is 11.3 Å². The first-order valence-electron chi connectivity index (χ1n) is 6.02. The van der Waals surface area contributed by atoms with E-state index < -0.39 is 0 Å². The van der Waals surface area contributed by atoms with Gasteiger partial charge >= 0.3 is 0 Å². The van der Waals surface area contributed by atoms with Gasteiger partial charge < -0.3 is 5.32 Å². The summed E-state index contributed by atoms with van der Waals surface area (Å²) in [7, 11) is 0. The van der Waals surface area contributed by atoms with Crippen molar-refractivity contribution in [3.8, 4) is 0 Å². The zero-order chi connectivity index (χ0) is 13.3. The molecule has 1 aromatic heterocycles. The lowest BCUT2D eigenvalue weighted by molar-refractivity contribution is -0.122. The van der Waals surface area contributed by atoms with Crippen LogP contribution in [0.15, 0.2) is 16.7 Å². The number of nitrogens with one attached hydrogen (secondary N) is 1. The molecule has 1 fully saturated rings. The van der Waals surface area contributed by atoms with Gasteiger partial charge in [-0.05, 0) is 40.3 Å². The Hall–Kier alpha value is -0.610. The van der Waals surface area contributed by atoms with Crippen molar-refractivity contribution in [1.82, 2.24) is 4.98 Å². The molecule has 3 nitrogen and oxygen atoms in total. The normalized spacial score (nSPS) is 21.9. The van der Waals surface area contributed by atoms with Crippen LogP contribution in [0, 0.1) is 11.3 Å². The highest BCUT2D eigenvalue weighted by molar-refractivity contribution is 9.10. The van der Waals surface area contributed by atoms with E-state index in [0.717, 1.165) is 23.7 Å². The minimum Gasteiger partial charge on any atom is -0.323 e. The van der Waals surface area contributed by atoms with Gasteiger partial charge in [0.2, 0.25) is 5.91 Å². The van der Waals surface area contributed by atoms with Crippen LogP contribution in [0.2, 0.25) is 5.15 Å². The molecule has 1 heterocycles. The zero-order valence-electron chi connectivity index (χ0n) is 10.5. The van der Waals surface area contributed by atoms with Crippen molar-refractivity contribution in [1.29, 1.82) is 0 Å². The fraction of sp³-hybridized carbons (Fsp3) is 0.538. The molecule has 0 radical (unpaired) electrons.